The zero-order chi connectivity index (χ0) is 27.6. The number of nitrogens with zero attached hydrogens (tertiary/aromatic N) is 2. The van der Waals surface area contributed by atoms with Gasteiger partial charge in [0.25, 0.3) is 0 Å². The van der Waals surface area contributed by atoms with Crippen LogP contribution in [0.25, 0.3) is 5.57 Å². The number of rotatable bonds is 4. The number of aromatic nitrogens is 1. The lowest BCUT2D eigenvalue weighted by Gasteiger charge is -2.39. The van der Waals surface area contributed by atoms with E-state index in [4.69, 9.17) is 0 Å². The summed E-state index contributed by atoms with van der Waals surface area (Å²) in [5.74, 6) is -1.70. The summed E-state index contributed by atoms with van der Waals surface area (Å²) in [7, 11) is 0. The van der Waals surface area contributed by atoms with E-state index in [-0.39, 0.29) is 17.5 Å². The molecular weight excluding hydrogens is 498 g/mol. The van der Waals surface area contributed by atoms with Crippen molar-refractivity contribution in [3.8, 4) is 0 Å². The average Bonchev–Trinajstić information content (AvgIpc) is 3.45. The maximum Gasteiger partial charge on any atom is 0.238 e. The van der Waals surface area contributed by atoms with Crippen LogP contribution in [0.5, 0.6) is 0 Å². The number of hydrogen-bond donors (Lipinski definition) is 1. The Morgan fingerprint density at radius 3 is 2.33 bits per heavy atom. The normalized spacial score (nSPS) is 24.1. The fourth-order valence-electron chi connectivity index (χ4n) is 7.01. The molecule has 40 heavy (non-hydrogen) atoms. The molecule has 0 saturated carbocycles. The molecule has 4 atom stereocenters. The highest BCUT2D eigenvalue weighted by molar-refractivity contribution is 6.18. The van der Waals surface area contributed by atoms with Gasteiger partial charge < -0.3 is 10.2 Å². The zero-order valence-electron chi connectivity index (χ0n) is 22.2. The standard InChI is InChI=1S/C34H27N3O3/c1-20-12-13-27-24(18-20)21(2)19-28-34(25-10-6-7-11-26(25)36-33(34)40)29(31(38)23-14-16-35-17-15-23)30(37(27)28)32(39)22-8-4-3-5-9-22/h3-19,28-30H,1-2H3,(H,36,40)/t28-,29+,30-,34+/m0/s1. The van der Waals surface area contributed by atoms with E-state index in [9.17, 15) is 14.4 Å². The van der Waals surface area contributed by atoms with Crippen molar-refractivity contribution in [2.45, 2.75) is 31.3 Å². The number of allylic oxidation sites excluding steroid dienone is 1. The molecule has 6 nitrogen and oxygen atoms in total. The minimum Gasteiger partial charge on any atom is -0.352 e. The maximum absolute atomic E-state index is 14.7. The van der Waals surface area contributed by atoms with Gasteiger partial charge in [0.15, 0.2) is 11.6 Å². The predicted molar refractivity (Wildman–Crippen MR) is 154 cm³/mol. The van der Waals surface area contributed by atoms with E-state index >= 15 is 0 Å². The first-order valence-electron chi connectivity index (χ1n) is 13.4. The number of benzene rings is 3. The first kappa shape index (κ1) is 24.2. The summed E-state index contributed by atoms with van der Waals surface area (Å²) in [5, 5.41) is 3.08. The van der Waals surface area contributed by atoms with Gasteiger partial charge in [-0.25, -0.2) is 0 Å². The molecular formula is C34H27N3O3. The van der Waals surface area contributed by atoms with Crippen molar-refractivity contribution in [2.75, 3.05) is 10.2 Å². The van der Waals surface area contributed by atoms with E-state index in [0.717, 1.165) is 28.0 Å². The van der Waals surface area contributed by atoms with Crippen LogP contribution < -0.4 is 10.2 Å². The quantitative estimate of drug-likeness (QED) is 0.349. The molecule has 1 amide bonds. The Balaban J connectivity index is 1.57. The van der Waals surface area contributed by atoms with Crippen molar-refractivity contribution < 1.29 is 14.4 Å². The Bertz CT molecular complexity index is 1730. The third-order valence-electron chi connectivity index (χ3n) is 8.71. The predicted octanol–water partition coefficient (Wildman–Crippen LogP) is 5.64. The number of para-hydroxylation sites is 1. The second-order valence-electron chi connectivity index (χ2n) is 10.8. The molecule has 4 aromatic rings. The van der Waals surface area contributed by atoms with E-state index in [1.807, 2.05) is 73.3 Å². The number of fused-ring (bicyclic) bond motifs is 6. The van der Waals surface area contributed by atoms with E-state index in [0.29, 0.717) is 16.8 Å². The van der Waals surface area contributed by atoms with Crippen LogP contribution in [0, 0.1) is 12.8 Å². The van der Waals surface area contributed by atoms with Crippen molar-refractivity contribution in [1.82, 2.24) is 4.98 Å². The van der Waals surface area contributed by atoms with Gasteiger partial charge >= 0.3 is 0 Å². The third-order valence-corrected chi connectivity index (χ3v) is 8.71. The van der Waals surface area contributed by atoms with Crippen molar-refractivity contribution in [3.63, 3.8) is 0 Å². The van der Waals surface area contributed by atoms with Crippen LogP contribution in [0.15, 0.2) is 103 Å². The summed E-state index contributed by atoms with van der Waals surface area (Å²) < 4.78 is 0. The highest BCUT2D eigenvalue weighted by atomic mass is 16.2. The number of carbonyl (C=O) groups excluding carboxylic acids is 3. The fraction of sp³-hybridized carbons (Fsp3) is 0.176. The smallest absolute Gasteiger partial charge is 0.238 e. The number of ketones is 2. The fourth-order valence-corrected chi connectivity index (χ4v) is 7.01. The molecule has 4 heterocycles. The van der Waals surface area contributed by atoms with Crippen molar-refractivity contribution in [3.05, 3.63) is 131 Å². The minimum atomic E-state index is -1.32. The molecule has 1 fully saturated rings. The zero-order valence-corrected chi connectivity index (χ0v) is 22.2. The van der Waals surface area contributed by atoms with Gasteiger partial charge in [-0.3, -0.25) is 19.4 Å². The first-order chi connectivity index (χ1) is 19.4. The molecule has 1 spiro atoms. The summed E-state index contributed by atoms with van der Waals surface area (Å²) in [5.41, 5.74) is 4.98. The van der Waals surface area contributed by atoms with Crippen LogP contribution in [-0.2, 0) is 10.2 Å². The van der Waals surface area contributed by atoms with Crippen molar-refractivity contribution in [2.24, 2.45) is 5.92 Å². The Morgan fingerprint density at radius 2 is 1.55 bits per heavy atom. The van der Waals surface area contributed by atoms with Gasteiger partial charge in [0.2, 0.25) is 5.91 Å². The van der Waals surface area contributed by atoms with Crippen LogP contribution >= 0.6 is 0 Å². The van der Waals surface area contributed by atoms with E-state index < -0.39 is 23.4 Å². The second kappa shape index (κ2) is 8.85. The van der Waals surface area contributed by atoms with Gasteiger partial charge in [0, 0.05) is 40.5 Å². The van der Waals surface area contributed by atoms with Crippen molar-refractivity contribution >= 4 is 34.4 Å². The number of nitrogens with one attached hydrogen (secondary N) is 1. The van der Waals surface area contributed by atoms with Crippen LogP contribution in [0.2, 0.25) is 0 Å². The lowest BCUT2D eigenvalue weighted by atomic mass is 9.64. The molecule has 1 N–H and O–H groups in total. The molecule has 3 aliphatic rings. The Kier molecular flexibility index (Phi) is 5.36. The molecule has 0 unspecified atom stereocenters. The number of aryl methyl sites for hydroxylation is 1. The third kappa shape index (κ3) is 3.22. The molecule has 1 aromatic heterocycles. The lowest BCUT2D eigenvalue weighted by Crippen LogP contribution is -2.51. The van der Waals surface area contributed by atoms with Gasteiger partial charge in [-0.1, -0.05) is 66.2 Å². The van der Waals surface area contributed by atoms with Gasteiger partial charge in [-0.2, -0.15) is 0 Å². The number of pyridine rings is 1. The molecule has 0 aliphatic carbocycles. The molecule has 3 aromatic carbocycles. The number of carbonyl (C=O) groups is 3. The van der Waals surface area contributed by atoms with Gasteiger partial charge in [-0.15, -0.1) is 0 Å². The molecule has 1 saturated heterocycles. The van der Waals surface area contributed by atoms with Gasteiger partial charge in [0.1, 0.15) is 11.5 Å². The van der Waals surface area contributed by atoms with Gasteiger partial charge in [0.05, 0.1) is 12.0 Å². The van der Waals surface area contributed by atoms with Crippen LogP contribution in [-0.4, -0.2) is 34.5 Å². The largest absolute Gasteiger partial charge is 0.352 e. The summed E-state index contributed by atoms with van der Waals surface area (Å²) in [6.07, 6.45) is 5.22. The maximum atomic E-state index is 14.7. The highest BCUT2D eigenvalue weighted by Crippen LogP contribution is 2.58. The number of anilines is 2. The molecule has 6 heteroatoms. The number of amides is 1. The molecule has 0 bridgehead atoms. The lowest BCUT2D eigenvalue weighted by molar-refractivity contribution is -0.121. The summed E-state index contributed by atoms with van der Waals surface area (Å²) in [6, 6.07) is 24.6. The van der Waals surface area contributed by atoms with Crippen LogP contribution in [0.4, 0.5) is 11.4 Å². The van der Waals surface area contributed by atoms with Crippen LogP contribution in [0.1, 0.15) is 44.3 Å². The topological polar surface area (TPSA) is 79.4 Å². The number of Topliss-reactive ketones (excluding diaryl/α,β-unsaturated/α-hetero) is 2. The van der Waals surface area contributed by atoms with E-state index in [2.05, 4.69) is 22.4 Å². The molecule has 196 valence electrons. The molecule has 3 aliphatic heterocycles. The van der Waals surface area contributed by atoms with Gasteiger partial charge in [-0.05, 0) is 55.3 Å². The number of hydrogen-bond acceptors (Lipinski definition) is 5. The summed E-state index contributed by atoms with van der Waals surface area (Å²) in [6.45, 7) is 4.07. The first-order valence-corrected chi connectivity index (χ1v) is 13.4. The summed E-state index contributed by atoms with van der Waals surface area (Å²) >= 11 is 0. The SMILES string of the molecule is CC1=C[C@@H]2N(c3ccc(C)cc31)[C@H](C(=O)c1ccccc1)[C@H](C(=O)c1ccncc1)[C@]21C(=O)Nc2ccccc21. The Labute approximate surface area is 232 Å². The minimum absolute atomic E-state index is 0.188. The summed E-state index contributed by atoms with van der Waals surface area (Å²) in [4.78, 5) is 49.8. The second-order valence-corrected chi connectivity index (χ2v) is 10.8. The highest BCUT2D eigenvalue weighted by Gasteiger charge is 2.70. The van der Waals surface area contributed by atoms with E-state index in [1.165, 1.54) is 0 Å². The average molecular weight is 526 g/mol. The van der Waals surface area contributed by atoms with E-state index in [1.54, 1.807) is 36.7 Å². The van der Waals surface area contributed by atoms with Crippen molar-refractivity contribution in [1.29, 1.82) is 0 Å². The van der Waals surface area contributed by atoms with Crippen LogP contribution in [0.3, 0.4) is 0 Å². The Hall–Kier alpha value is -4.84. The monoisotopic (exact) mass is 525 g/mol. The Morgan fingerprint density at radius 1 is 0.850 bits per heavy atom. The molecule has 0 radical (unpaired) electrons. The molecule has 7 rings (SSSR count).